The fourth-order valence-electron chi connectivity index (χ4n) is 9.33. The summed E-state index contributed by atoms with van der Waals surface area (Å²) in [6, 6.07) is 70.4. The quantitative estimate of drug-likeness (QED) is 0.157. The zero-order valence-corrected chi connectivity index (χ0v) is 35.2. The largest absolute Gasteiger partial charge is 0.306 e. The van der Waals surface area contributed by atoms with Crippen molar-refractivity contribution in [1.29, 1.82) is 0 Å². The second kappa shape index (κ2) is 15.3. The maximum atomic E-state index is 5.31. The Hall–Kier alpha value is -9.21. The highest BCUT2D eigenvalue weighted by atomic mass is 15.2. The Labute approximate surface area is 378 Å². The minimum absolute atomic E-state index is 0.518. The molecule has 0 radical (unpaired) electrons. The van der Waals surface area contributed by atoms with Crippen LogP contribution in [0.2, 0.25) is 0 Å². The van der Waals surface area contributed by atoms with E-state index in [0.717, 1.165) is 88.0 Å². The zero-order chi connectivity index (χ0) is 43.6. The molecular weight excluding hydrogens is 811 g/mol. The highest BCUT2D eigenvalue weighted by molar-refractivity contribution is 6.24. The van der Waals surface area contributed by atoms with E-state index in [1.165, 1.54) is 0 Å². The standard InChI is InChI=1S/C57H35N9/c1-4-18-37(19-5-1)52-60-55(62-56(61-52)45-29-16-24-36-25-17-35-58-49(36)45)44-28-12-15-32-48(44)65-46-30-13-10-26-40(46)42-33-34-43-41-27-11-14-31-47(41)66(51(43)50(42)65)57-63-53(38-20-6-2-7-21-38)59-54(64-57)39-22-8-3-9-23-39/h1-35H. The van der Waals surface area contributed by atoms with E-state index in [2.05, 4.69) is 100 Å². The van der Waals surface area contributed by atoms with Gasteiger partial charge in [0.05, 0.1) is 33.3 Å². The van der Waals surface area contributed by atoms with Crippen LogP contribution in [0.25, 0.3) is 123 Å². The van der Waals surface area contributed by atoms with E-state index < -0.39 is 0 Å². The summed E-state index contributed by atoms with van der Waals surface area (Å²) >= 11 is 0. The normalized spacial score (nSPS) is 11.6. The van der Waals surface area contributed by atoms with E-state index in [1.807, 2.05) is 121 Å². The van der Waals surface area contributed by atoms with Gasteiger partial charge >= 0.3 is 0 Å². The fourth-order valence-corrected chi connectivity index (χ4v) is 9.33. The number of fused-ring (bicyclic) bond motifs is 8. The van der Waals surface area contributed by atoms with Crippen LogP contribution >= 0.6 is 0 Å². The summed E-state index contributed by atoms with van der Waals surface area (Å²) in [6.07, 6.45) is 1.81. The average Bonchev–Trinajstić information content (AvgIpc) is 3.92. The number of benzene rings is 8. The van der Waals surface area contributed by atoms with E-state index >= 15 is 0 Å². The summed E-state index contributed by atoms with van der Waals surface area (Å²) < 4.78 is 4.58. The molecule has 9 nitrogen and oxygen atoms in total. The number of rotatable bonds is 7. The van der Waals surface area contributed by atoms with Gasteiger partial charge in [0.15, 0.2) is 29.1 Å². The summed E-state index contributed by atoms with van der Waals surface area (Å²) in [4.78, 5) is 36.1. The van der Waals surface area contributed by atoms with Crippen molar-refractivity contribution in [3.63, 3.8) is 0 Å². The van der Waals surface area contributed by atoms with Crippen LogP contribution in [0.3, 0.4) is 0 Å². The maximum Gasteiger partial charge on any atom is 0.238 e. The number of para-hydroxylation sites is 4. The van der Waals surface area contributed by atoms with Crippen molar-refractivity contribution in [3.05, 3.63) is 212 Å². The lowest BCUT2D eigenvalue weighted by Crippen LogP contribution is -2.07. The smallest absolute Gasteiger partial charge is 0.238 e. The van der Waals surface area contributed by atoms with E-state index in [-0.39, 0.29) is 0 Å². The van der Waals surface area contributed by atoms with Crippen molar-refractivity contribution in [3.8, 4) is 68.6 Å². The Kier molecular flexibility index (Phi) is 8.63. The minimum atomic E-state index is 0.518. The van der Waals surface area contributed by atoms with E-state index in [9.17, 15) is 0 Å². The number of hydrogen-bond donors (Lipinski definition) is 0. The second-order valence-corrected chi connectivity index (χ2v) is 16.1. The molecule has 0 fully saturated rings. The van der Waals surface area contributed by atoms with Crippen LogP contribution in [-0.4, -0.2) is 44.0 Å². The molecule has 0 saturated heterocycles. The van der Waals surface area contributed by atoms with Crippen molar-refractivity contribution in [2.75, 3.05) is 0 Å². The first kappa shape index (κ1) is 37.4. The summed E-state index contributed by atoms with van der Waals surface area (Å²) in [7, 11) is 0. The first-order chi connectivity index (χ1) is 32.7. The third-order valence-electron chi connectivity index (χ3n) is 12.3. The predicted molar refractivity (Wildman–Crippen MR) is 264 cm³/mol. The molecule has 66 heavy (non-hydrogen) atoms. The predicted octanol–water partition coefficient (Wildman–Crippen LogP) is 13.1. The Morgan fingerprint density at radius 1 is 0.303 bits per heavy atom. The van der Waals surface area contributed by atoms with Crippen LogP contribution in [0.15, 0.2) is 212 Å². The second-order valence-electron chi connectivity index (χ2n) is 16.1. The average molecular weight is 846 g/mol. The molecular formula is C57H35N9. The lowest BCUT2D eigenvalue weighted by molar-refractivity contribution is 0.953. The van der Waals surface area contributed by atoms with Crippen molar-refractivity contribution in [2.24, 2.45) is 0 Å². The first-order valence-electron chi connectivity index (χ1n) is 21.8. The number of aromatic nitrogens is 9. The Bertz CT molecular complexity index is 3930. The molecule has 0 spiro atoms. The van der Waals surface area contributed by atoms with Gasteiger partial charge in [0.1, 0.15) is 0 Å². The van der Waals surface area contributed by atoms with Gasteiger partial charge in [-0.15, -0.1) is 0 Å². The molecule has 0 aliphatic carbocycles. The molecule has 0 aliphatic heterocycles. The van der Waals surface area contributed by atoms with E-state index in [4.69, 9.17) is 34.9 Å². The van der Waals surface area contributed by atoms with Gasteiger partial charge in [-0.3, -0.25) is 9.55 Å². The maximum absolute atomic E-state index is 5.31. The van der Waals surface area contributed by atoms with Gasteiger partial charge in [-0.2, -0.15) is 9.97 Å². The van der Waals surface area contributed by atoms with Crippen molar-refractivity contribution >= 4 is 54.5 Å². The lowest BCUT2D eigenvalue weighted by Gasteiger charge is -2.16. The molecule has 5 heterocycles. The first-order valence-corrected chi connectivity index (χ1v) is 21.8. The molecule has 13 rings (SSSR count). The Balaban J connectivity index is 1.13. The van der Waals surface area contributed by atoms with Gasteiger partial charge in [-0.05, 0) is 36.4 Å². The van der Waals surface area contributed by atoms with Gasteiger partial charge in [0.25, 0.3) is 0 Å². The molecule has 0 amide bonds. The lowest BCUT2D eigenvalue weighted by atomic mass is 10.1. The van der Waals surface area contributed by atoms with E-state index in [1.54, 1.807) is 0 Å². The van der Waals surface area contributed by atoms with Crippen molar-refractivity contribution in [1.82, 2.24) is 44.0 Å². The third kappa shape index (κ3) is 6.06. The van der Waals surface area contributed by atoms with Crippen molar-refractivity contribution < 1.29 is 0 Å². The molecule has 0 aliphatic rings. The van der Waals surface area contributed by atoms with Gasteiger partial charge < -0.3 is 4.57 Å². The molecule has 9 heteroatoms. The molecule has 0 bridgehead atoms. The third-order valence-corrected chi connectivity index (χ3v) is 12.3. The van der Waals surface area contributed by atoms with Crippen LogP contribution in [0, 0.1) is 0 Å². The highest BCUT2D eigenvalue weighted by Gasteiger charge is 2.25. The highest BCUT2D eigenvalue weighted by Crippen LogP contribution is 2.43. The topological polar surface area (TPSA) is 100 Å². The van der Waals surface area contributed by atoms with Crippen LogP contribution in [0.4, 0.5) is 0 Å². The summed E-state index contributed by atoms with van der Waals surface area (Å²) in [5.41, 5.74) is 10.1. The molecule has 13 aromatic rings. The summed E-state index contributed by atoms with van der Waals surface area (Å²) in [5.74, 6) is 3.35. The fraction of sp³-hybridized carbons (Fsp3) is 0. The van der Waals surface area contributed by atoms with Crippen LogP contribution in [0.5, 0.6) is 0 Å². The van der Waals surface area contributed by atoms with Gasteiger partial charge in [-0.1, -0.05) is 170 Å². The van der Waals surface area contributed by atoms with Gasteiger partial charge in [-0.25, -0.2) is 19.9 Å². The molecule has 0 saturated carbocycles. The zero-order valence-electron chi connectivity index (χ0n) is 35.2. The molecule has 0 atom stereocenters. The molecule has 0 N–H and O–H groups in total. The molecule has 0 unspecified atom stereocenters. The SMILES string of the molecule is c1ccc(-c2nc(-c3ccccc3-n3c4ccccc4c4ccc5c6ccccc6n(-c6nc(-c7ccccc7)nc(-c7ccccc7)n6)c5c43)nc(-c3cccc4cccnc34)n2)cc1. The minimum Gasteiger partial charge on any atom is -0.306 e. The molecule has 308 valence electrons. The van der Waals surface area contributed by atoms with Crippen LogP contribution < -0.4 is 0 Å². The molecule has 5 aromatic heterocycles. The van der Waals surface area contributed by atoms with Crippen LogP contribution in [0.1, 0.15) is 0 Å². The van der Waals surface area contributed by atoms with Gasteiger partial charge in [0, 0.05) is 60.9 Å². The Morgan fingerprint density at radius 3 is 1.39 bits per heavy atom. The monoisotopic (exact) mass is 845 g/mol. The number of nitrogens with zero attached hydrogens (tertiary/aromatic N) is 9. The molecule has 8 aromatic carbocycles. The summed E-state index contributed by atoms with van der Waals surface area (Å²) in [5, 5.41) is 5.35. The summed E-state index contributed by atoms with van der Waals surface area (Å²) in [6.45, 7) is 0. The Morgan fingerprint density at radius 2 is 0.758 bits per heavy atom. The van der Waals surface area contributed by atoms with Crippen molar-refractivity contribution in [2.45, 2.75) is 0 Å². The van der Waals surface area contributed by atoms with Gasteiger partial charge in [0.2, 0.25) is 5.95 Å². The van der Waals surface area contributed by atoms with E-state index in [0.29, 0.717) is 35.1 Å². The van der Waals surface area contributed by atoms with Crippen LogP contribution in [-0.2, 0) is 0 Å². The number of hydrogen-bond acceptors (Lipinski definition) is 7. The number of pyridine rings is 1.